The number of rotatable bonds is 13. The van der Waals surface area contributed by atoms with Crippen LogP contribution in [0.5, 0.6) is 5.88 Å². The molecule has 0 saturated heterocycles. The molecule has 2 aromatic rings. The summed E-state index contributed by atoms with van der Waals surface area (Å²) in [6, 6.07) is 0.150. The number of amides is 1. The minimum absolute atomic E-state index is 0.0185. The number of aromatic nitrogens is 4. The second-order valence-corrected chi connectivity index (χ2v) is 7.68. The van der Waals surface area contributed by atoms with Gasteiger partial charge in [0.25, 0.3) is 5.88 Å². The normalized spacial score (nSPS) is 11.3. The summed E-state index contributed by atoms with van der Waals surface area (Å²) in [4.78, 5) is 27.8. The molecule has 0 fully saturated rings. The molecule has 9 nitrogen and oxygen atoms in total. The van der Waals surface area contributed by atoms with Crippen LogP contribution in [-0.4, -0.2) is 49.6 Å². The summed E-state index contributed by atoms with van der Waals surface area (Å²) in [6.45, 7) is 13.0. The smallest absolute Gasteiger partial charge is 0.256 e. The van der Waals surface area contributed by atoms with Crippen LogP contribution in [0.3, 0.4) is 0 Å². The summed E-state index contributed by atoms with van der Waals surface area (Å²) >= 11 is 0. The van der Waals surface area contributed by atoms with Crippen LogP contribution in [0.25, 0.3) is 5.70 Å². The number of nitrogens with one attached hydrogen (secondary N) is 1. The zero-order valence-electron chi connectivity index (χ0n) is 22.7. The Morgan fingerprint density at radius 2 is 1.94 bits per heavy atom. The van der Waals surface area contributed by atoms with Gasteiger partial charge in [0.2, 0.25) is 6.41 Å². The first kappa shape index (κ1) is 31.6. The molecular weight excluding hydrogens is 444 g/mol. The van der Waals surface area contributed by atoms with Gasteiger partial charge in [0.05, 0.1) is 19.0 Å². The van der Waals surface area contributed by atoms with E-state index in [4.69, 9.17) is 4.74 Å². The van der Waals surface area contributed by atoms with Crippen molar-refractivity contribution in [3.05, 3.63) is 43.3 Å². The molecule has 1 unspecified atom stereocenters. The highest BCUT2D eigenvalue weighted by Gasteiger charge is 2.18. The molecule has 1 atom stereocenters. The van der Waals surface area contributed by atoms with Crippen molar-refractivity contribution in [2.45, 2.75) is 72.8 Å². The Hall–Kier alpha value is -3.36. The monoisotopic (exact) mass is 488 g/mol. The van der Waals surface area contributed by atoms with Gasteiger partial charge in [-0.05, 0) is 25.8 Å². The number of nitrogens with zero attached hydrogens (tertiary/aromatic N) is 5. The maximum atomic E-state index is 11.9. The third kappa shape index (κ3) is 11.1. The van der Waals surface area contributed by atoms with E-state index >= 15 is 0 Å². The lowest BCUT2D eigenvalue weighted by Crippen LogP contribution is -2.30. The number of carbonyl (C=O) groups excluding carboxylic acids is 2. The lowest BCUT2D eigenvalue weighted by molar-refractivity contribution is -0.117. The quantitative estimate of drug-likeness (QED) is 0.237. The molecule has 0 spiro atoms. The van der Waals surface area contributed by atoms with Gasteiger partial charge in [-0.2, -0.15) is 0 Å². The number of carbonyl (C=O) groups is 2. The van der Waals surface area contributed by atoms with Crippen LogP contribution in [0.4, 0.5) is 5.69 Å². The Labute approximate surface area is 210 Å². The molecule has 2 heterocycles. The van der Waals surface area contributed by atoms with Crippen molar-refractivity contribution in [2.75, 3.05) is 12.4 Å². The zero-order valence-corrected chi connectivity index (χ0v) is 22.7. The fourth-order valence-corrected chi connectivity index (χ4v) is 3.19. The highest BCUT2D eigenvalue weighted by Crippen LogP contribution is 2.26. The maximum absolute atomic E-state index is 11.9. The lowest BCUT2D eigenvalue weighted by Gasteiger charge is -2.25. The van der Waals surface area contributed by atoms with E-state index in [2.05, 4.69) is 35.8 Å². The number of unbranched alkanes of at least 4 members (excludes halogenated alkanes) is 2. The van der Waals surface area contributed by atoms with Gasteiger partial charge >= 0.3 is 0 Å². The number of anilines is 1. The summed E-state index contributed by atoms with van der Waals surface area (Å²) in [5, 5.41) is 7.62. The first-order valence-corrected chi connectivity index (χ1v) is 12.2. The largest absolute Gasteiger partial charge is 0.478 e. The summed E-state index contributed by atoms with van der Waals surface area (Å²) in [5.74, 6) is 1.22. The summed E-state index contributed by atoms with van der Waals surface area (Å²) in [5.41, 5.74) is 1.42. The number of ketones is 1. The topological polar surface area (TPSA) is 94.3 Å². The predicted molar refractivity (Wildman–Crippen MR) is 143 cm³/mol. The van der Waals surface area contributed by atoms with Crippen molar-refractivity contribution < 1.29 is 14.3 Å². The first-order chi connectivity index (χ1) is 16.8. The van der Waals surface area contributed by atoms with E-state index in [1.807, 2.05) is 51.1 Å². The Morgan fingerprint density at radius 1 is 1.29 bits per heavy atom. The van der Waals surface area contributed by atoms with Crippen LogP contribution in [0, 0.1) is 0 Å². The van der Waals surface area contributed by atoms with Gasteiger partial charge in [-0.3, -0.25) is 14.3 Å². The van der Waals surface area contributed by atoms with Gasteiger partial charge in [-0.1, -0.05) is 53.5 Å². The van der Waals surface area contributed by atoms with E-state index in [-0.39, 0.29) is 11.8 Å². The Balaban J connectivity index is 0.00000146. The average Bonchev–Trinajstić information content (AvgIpc) is 3.45. The second-order valence-electron chi connectivity index (χ2n) is 7.68. The van der Waals surface area contributed by atoms with E-state index in [1.165, 1.54) is 19.4 Å². The number of allylic oxidation sites excluding steroid dienone is 1. The number of methoxy groups -OCH3 is 1. The second kappa shape index (κ2) is 18.0. The average molecular weight is 489 g/mol. The van der Waals surface area contributed by atoms with E-state index < -0.39 is 0 Å². The summed E-state index contributed by atoms with van der Waals surface area (Å²) in [6.07, 6.45) is 14.7. The SMILES string of the molecule is C=CC(C)=O.CC.CCCCCC(CC)N(C=O)/C=C(/Nc1cn(C)nc1OC)c1nccn1C. The molecule has 196 valence electrons. The maximum Gasteiger partial charge on any atom is 0.256 e. The van der Waals surface area contributed by atoms with Gasteiger partial charge in [0, 0.05) is 38.7 Å². The lowest BCUT2D eigenvalue weighted by atomic mass is 10.1. The summed E-state index contributed by atoms with van der Waals surface area (Å²) < 4.78 is 8.93. The van der Waals surface area contributed by atoms with Crippen LogP contribution in [-0.2, 0) is 23.7 Å². The van der Waals surface area contributed by atoms with Crippen LogP contribution < -0.4 is 10.1 Å². The van der Waals surface area contributed by atoms with Crippen molar-refractivity contribution in [2.24, 2.45) is 14.1 Å². The molecule has 2 aromatic heterocycles. The van der Waals surface area contributed by atoms with Crippen molar-refractivity contribution in [1.82, 2.24) is 24.2 Å². The fraction of sp³-hybridized carbons (Fsp3) is 0.538. The number of imidazole rings is 1. The van der Waals surface area contributed by atoms with E-state index in [1.54, 1.807) is 22.9 Å². The highest BCUT2D eigenvalue weighted by molar-refractivity contribution is 5.86. The molecule has 1 N–H and O–H groups in total. The van der Waals surface area contributed by atoms with Crippen LogP contribution >= 0.6 is 0 Å². The van der Waals surface area contributed by atoms with Gasteiger partial charge in [-0.15, -0.1) is 5.10 Å². The first-order valence-electron chi connectivity index (χ1n) is 12.2. The molecule has 2 rings (SSSR count). The molecule has 0 radical (unpaired) electrons. The molecule has 9 heteroatoms. The standard InChI is InChI=1S/C20H32N6O2.C4H6O.C2H6/c1-6-8-9-10-16(7-2)26(15-27)14-17(19-21-11-12-24(19)3)22-18-13-25(4)23-20(18)28-5;1-3-4(2)5;1-2/h11-16,22H,6-10H2,1-5H3;3H,1H2,2H3;1-2H3/b17-14+;;. The van der Waals surface area contributed by atoms with E-state index in [9.17, 15) is 9.59 Å². The van der Waals surface area contributed by atoms with Crippen LogP contribution in [0.1, 0.15) is 72.5 Å². The molecule has 0 aromatic carbocycles. The molecule has 1 amide bonds. The van der Waals surface area contributed by atoms with E-state index in [0.717, 1.165) is 37.9 Å². The number of hydrogen-bond acceptors (Lipinski definition) is 6. The predicted octanol–water partition coefficient (Wildman–Crippen LogP) is 5.18. The van der Waals surface area contributed by atoms with Crippen LogP contribution in [0.15, 0.2) is 37.4 Å². The molecule has 0 aliphatic carbocycles. The zero-order chi connectivity index (χ0) is 26.8. The van der Waals surface area contributed by atoms with Gasteiger partial charge in [0.1, 0.15) is 5.69 Å². The Kier molecular flexibility index (Phi) is 16.3. The molecular formula is C26H44N6O3. The van der Waals surface area contributed by atoms with Crippen molar-refractivity contribution >= 4 is 23.6 Å². The Morgan fingerprint density at radius 3 is 2.40 bits per heavy atom. The van der Waals surface area contributed by atoms with E-state index in [0.29, 0.717) is 17.3 Å². The Bertz CT molecular complexity index is 916. The van der Waals surface area contributed by atoms with Gasteiger partial charge < -0.3 is 19.5 Å². The molecule has 0 saturated carbocycles. The molecule has 0 aliphatic rings. The molecule has 0 bridgehead atoms. The number of ether oxygens (including phenoxy) is 1. The summed E-state index contributed by atoms with van der Waals surface area (Å²) in [7, 11) is 5.33. The van der Waals surface area contributed by atoms with Gasteiger partial charge in [-0.25, -0.2) is 4.98 Å². The number of hydrogen-bond donors (Lipinski definition) is 1. The third-order valence-electron chi connectivity index (χ3n) is 5.04. The molecule has 0 aliphatic heterocycles. The third-order valence-corrected chi connectivity index (χ3v) is 5.04. The van der Waals surface area contributed by atoms with Crippen LogP contribution in [0.2, 0.25) is 0 Å². The van der Waals surface area contributed by atoms with Gasteiger partial charge in [0.15, 0.2) is 11.6 Å². The number of aryl methyl sites for hydroxylation is 2. The van der Waals surface area contributed by atoms with Crippen molar-refractivity contribution in [1.29, 1.82) is 0 Å². The minimum atomic E-state index is 0.0185. The fourth-order valence-electron chi connectivity index (χ4n) is 3.19. The van der Waals surface area contributed by atoms with Crippen molar-refractivity contribution in [3.8, 4) is 5.88 Å². The van der Waals surface area contributed by atoms with Crippen molar-refractivity contribution in [3.63, 3.8) is 0 Å². The molecule has 35 heavy (non-hydrogen) atoms. The highest BCUT2D eigenvalue weighted by atomic mass is 16.5. The minimum Gasteiger partial charge on any atom is -0.478 e.